The quantitative estimate of drug-likeness (QED) is 0.363. The van der Waals surface area contributed by atoms with E-state index in [2.05, 4.69) is 89.0 Å². The number of nitrogens with one attached hydrogen (secondary N) is 2. The maximum atomic E-state index is 6.25. The highest BCUT2D eigenvalue weighted by Gasteiger charge is 2.24. The number of ether oxygens (including phenoxy) is 1. The van der Waals surface area contributed by atoms with Crippen LogP contribution in [0.15, 0.2) is 23.1 Å². The van der Waals surface area contributed by atoms with Crippen molar-refractivity contribution in [1.29, 1.82) is 0 Å². The van der Waals surface area contributed by atoms with Crippen LogP contribution in [0.3, 0.4) is 0 Å². The Bertz CT molecular complexity index is 1180. The molecule has 2 fully saturated rings. The molecular formula is C27H39BrN8O. The Labute approximate surface area is 228 Å². The van der Waals surface area contributed by atoms with Gasteiger partial charge in [-0.2, -0.15) is 5.10 Å². The first-order chi connectivity index (χ1) is 18.0. The van der Waals surface area contributed by atoms with Crippen molar-refractivity contribution in [2.24, 2.45) is 5.92 Å². The average molecular weight is 572 g/mol. The first kappa shape index (κ1) is 26.0. The van der Waals surface area contributed by atoms with Crippen LogP contribution in [0.25, 0.3) is 11.0 Å². The molecule has 2 aliphatic rings. The molecule has 2 saturated heterocycles. The summed E-state index contributed by atoms with van der Waals surface area (Å²) < 4.78 is 7.07. The Hall–Kier alpha value is -2.59. The van der Waals surface area contributed by atoms with Crippen molar-refractivity contribution in [3.05, 3.63) is 28.6 Å². The molecular weight excluding hydrogens is 532 g/mol. The molecule has 2 N–H and O–H groups in total. The van der Waals surface area contributed by atoms with Crippen molar-refractivity contribution in [2.45, 2.75) is 40.0 Å². The first-order valence-corrected chi connectivity index (χ1v) is 14.4. The normalized spacial score (nSPS) is 16.8. The van der Waals surface area contributed by atoms with Crippen molar-refractivity contribution in [2.75, 3.05) is 74.1 Å². The number of halogens is 1. The van der Waals surface area contributed by atoms with Gasteiger partial charge in [0.1, 0.15) is 22.5 Å². The van der Waals surface area contributed by atoms with Crippen LogP contribution in [0.5, 0.6) is 5.75 Å². The number of hydrogen-bond acceptors (Lipinski definition) is 8. The zero-order valence-corrected chi connectivity index (χ0v) is 23.9. The summed E-state index contributed by atoms with van der Waals surface area (Å²) in [5, 5.41) is 11.9. The van der Waals surface area contributed by atoms with Crippen LogP contribution in [-0.4, -0.2) is 84.0 Å². The van der Waals surface area contributed by atoms with Crippen molar-refractivity contribution >= 4 is 44.2 Å². The molecule has 0 unspecified atom stereocenters. The summed E-state index contributed by atoms with van der Waals surface area (Å²) in [6.07, 6.45) is 5.30. The Balaban J connectivity index is 1.31. The van der Waals surface area contributed by atoms with E-state index in [0.29, 0.717) is 11.6 Å². The lowest BCUT2D eigenvalue weighted by Crippen LogP contribution is -2.47. The summed E-state index contributed by atoms with van der Waals surface area (Å²) in [6.45, 7) is 15.5. The molecule has 1 aromatic carbocycles. The number of nitrogens with zero attached hydrogens (tertiary/aromatic N) is 6. The van der Waals surface area contributed by atoms with Crippen LogP contribution < -0.4 is 19.9 Å². The maximum absolute atomic E-state index is 6.25. The van der Waals surface area contributed by atoms with Crippen molar-refractivity contribution < 1.29 is 4.74 Å². The second-order valence-electron chi connectivity index (χ2n) is 10.5. The summed E-state index contributed by atoms with van der Waals surface area (Å²) in [5.41, 5.74) is 4.40. The molecule has 0 aliphatic carbocycles. The molecule has 3 aromatic rings. The molecule has 0 saturated carbocycles. The third-order valence-electron chi connectivity index (χ3n) is 7.47. The Morgan fingerprint density at radius 2 is 1.81 bits per heavy atom. The van der Waals surface area contributed by atoms with Gasteiger partial charge in [0.2, 0.25) is 0 Å². The number of fused-ring (bicyclic) bond motifs is 1. The van der Waals surface area contributed by atoms with Crippen LogP contribution in [0, 0.1) is 12.8 Å². The van der Waals surface area contributed by atoms with Crippen molar-refractivity contribution in [3.8, 4) is 5.75 Å². The standard InChI is InChI=1S/C27H39BrN8O/c1-19(2)6-15-37-21-16-22(29-7-10-34-8-4-5-9-34)20(3)23(17-21)35-11-13-36(14-12-35)27-24-25(28)32-33-26(24)30-18-31-27/h16-19,29H,4-15H2,1-3H3,(H,30,31,32,33). The summed E-state index contributed by atoms with van der Waals surface area (Å²) >= 11 is 3.57. The van der Waals surface area contributed by atoms with Crippen LogP contribution in [0.4, 0.5) is 17.2 Å². The molecule has 0 amide bonds. The molecule has 9 nitrogen and oxygen atoms in total. The van der Waals surface area contributed by atoms with Crippen LogP contribution in [0.1, 0.15) is 38.7 Å². The van der Waals surface area contributed by atoms with E-state index in [9.17, 15) is 0 Å². The second kappa shape index (κ2) is 11.9. The smallest absolute Gasteiger partial charge is 0.187 e. The van der Waals surface area contributed by atoms with Gasteiger partial charge in [0.25, 0.3) is 0 Å². The predicted octanol–water partition coefficient (Wildman–Crippen LogP) is 4.68. The molecule has 0 atom stereocenters. The molecule has 200 valence electrons. The fourth-order valence-electron chi connectivity index (χ4n) is 5.24. The summed E-state index contributed by atoms with van der Waals surface area (Å²) in [5.74, 6) is 2.50. The number of piperazine rings is 1. The molecule has 37 heavy (non-hydrogen) atoms. The third kappa shape index (κ3) is 6.12. The van der Waals surface area contributed by atoms with Crippen LogP contribution in [-0.2, 0) is 0 Å². The number of H-pyrrole nitrogens is 1. The fraction of sp³-hybridized carbons (Fsp3) is 0.593. The number of aromatic amines is 1. The lowest BCUT2D eigenvalue weighted by atomic mass is 10.1. The topological polar surface area (TPSA) is 85.4 Å². The van der Waals surface area contributed by atoms with E-state index in [0.717, 1.165) is 73.9 Å². The third-order valence-corrected chi connectivity index (χ3v) is 8.04. The second-order valence-corrected chi connectivity index (χ2v) is 11.3. The lowest BCUT2D eigenvalue weighted by Gasteiger charge is -2.38. The highest BCUT2D eigenvalue weighted by Crippen LogP contribution is 2.35. The van der Waals surface area contributed by atoms with Gasteiger partial charge in [0.15, 0.2) is 5.65 Å². The van der Waals surface area contributed by atoms with E-state index >= 15 is 0 Å². The average Bonchev–Trinajstić information content (AvgIpc) is 3.55. The Morgan fingerprint density at radius 1 is 1.05 bits per heavy atom. The Kier molecular flexibility index (Phi) is 8.34. The summed E-state index contributed by atoms with van der Waals surface area (Å²) in [6, 6.07) is 4.42. The minimum atomic E-state index is 0.625. The summed E-state index contributed by atoms with van der Waals surface area (Å²) in [7, 11) is 0. The number of hydrogen-bond donors (Lipinski definition) is 2. The first-order valence-electron chi connectivity index (χ1n) is 13.6. The van der Waals surface area contributed by atoms with Crippen molar-refractivity contribution in [3.63, 3.8) is 0 Å². The van der Waals surface area contributed by atoms with Gasteiger partial charge in [-0.3, -0.25) is 5.10 Å². The van der Waals surface area contributed by atoms with Gasteiger partial charge in [-0.1, -0.05) is 13.8 Å². The minimum Gasteiger partial charge on any atom is -0.493 e. The van der Waals surface area contributed by atoms with E-state index < -0.39 is 0 Å². The van der Waals surface area contributed by atoms with Crippen LogP contribution in [0.2, 0.25) is 0 Å². The molecule has 10 heteroatoms. The molecule has 5 rings (SSSR count). The number of aromatic nitrogens is 4. The van der Waals surface area contributed by atoms with Gasteiger partial charge >= 0.3 is 0 Å². The van der Waals surface area contributed by atoms with E-state index in [1.165, 1.54) is 42.9 Å². The number of benzene rings is 1. The van der Waals surface area contributed by atoms with Gasteiger partial charge in [0, 0.05) is 62.8 Å². The SMILES string of the molecule is Cc1c(NCCN2CCCC2)cc(OCCC(C)C)cc1N1CCN(c2ncnc3n[nH]c(Br)c23)CC1. The molecule has 2 aromatic heterocycles. The molecule has 0 bridgehead atoms. The van der Waals surface area contributed by atoms with Crippen LogP contribution >= 0.6 is 15.9 Å². The van der Waals surface area contributed by atoms with Gasteiger partial charge < -0.3 is 24.8 Å². The number of likely N-dealkylation sites (tertiary alicyclic amines) is 1. The number of anilines is 3. The lowest BCUT2D eigenvalue weighted by molar-refractivity contribution is 0.289. The van der Waals surface area contributed by atoms with E-state index in [1.54, 1.807) is 6.33 Å². The van der Waals surface area contributed by atoms with Gasteiger partial charge in [0.05, 0.1) is 12.0 Å². The number of rotatable bonds is 10. The highest BCUT2D eigenvalue weighted by molar-refractivity contribution is 9.10. The highest BCUT2D eigenvalue weighted by atomic mass is 79.9. The largest absolute Gasteiger partial charge is 0.493 e. The zero-order valence-electron chi connectivity index (χ0n) is 22.3. The minimum absolute atomic E-state index is 0.625. The Morgan fingerprint density at radius 3 is 2.57 bits per heavy atom. The maximum Gasteiger partial charge on any atom is 0.187 e. The fourth-order valence-corrected chi connectivity index (χ4v) is 5.68. The van der Waals surface area contributed by atoms with Gasteiger partial charge in [-0.15, -0.1) is 0 Å². The monoisotopic (exact) mass is 570 g/mol. The van der Waals surface area contributed by atoms with Gasteiger partial charge in [-0.05, 0) is 66.7 Å². The van der Waals surface area contributed by atoms with E-state index in [-0.39, 0.29) is 0 Å². The predicted molar refractivity (Wildman–Crippen MR) is 154 cm³/mol. The summed E-state index contributed by atoms with van der Waals surface area (Å²) in [4.78, 5) is 16.2. The zero-order chi connectivity index (χ0) is 25.8. The van der Waals surface area contributed by atoms with E-state index in [1.807, 2.05) is 0 Å². The molecule has 0 radical (unpaired) electrons. The molecule has 2 aliphatic heterocycles. The van der Waals surface area contributed by atoms with Gasteiger partial charge in [-0.25, -0.2) is 9.97 Å². The molecule has 0 spiro atoms. The van der Waals surface area contributed by atoms with E-state index in [4.69, 9.17) is 4.74 Å². The van der Waals surface area contributed by atoms with Crippen molar-refractivity contribution in [1.82, 2.24) is 25.1 Å². The molecule has 4 heterocycles.